The van der Waals surface area contributed by atoms with Gasteiger partial charge in [0, 0.05) is 35.8 Å². The Bertz CT molecular complexity index is 2100. The highest BCUT2D eigenvalue weighted by atomic mass is 32.2. The number of nitrogens with one attached hydrogen (secondary N) is 1. The Kier molecular flexibility index (Phi) is 10.9. The number of benzene rings is 3. The monoisotopic (exact) mass is 711 g/mol. The maximum absolute atomic E-state index is 16.0. The highest BCUT2D eigenvalue weighted by Crippen LogP contribution is 2.41. The molecule has 0 aliphatic carbocycles. The molecule has 1 aliphatic heterocycles. The van der Waals surface area contributed by atoms with Crippen molar-refractivity contribution >= 4 is 23.5 Å². The first kappa shape index (κ1) is 35.0. The Morgan fingerprint density at radius 2 is 1.86 bits per heavy atom. The highest BCUT2D eigenvalue weighted by Gasteiger charge is 2.28. The van der Waals surface area contributed by atoms with E-state index < -0.39 is 29.2 Å². The molecule has 0 bridgehead atoms. The number of nitrogens with two attached hydrogens (primary N) is 1. The number of pyridine rings is 1. The van der Waals surface area contributed by atoms with Crippen LogP contribution >= 0.6 is 11.8 Å². The van der Waals surface area contributed by atoms with E-state index >= 15 is 8.78 Å². The maximum Gasteiger partial charge on any atom is 0.343 e. The van der Waals surface area contributed by atoms with Gasteiger partial charge in [0.05, 0.1) is 30.6 Å². The molecule has 1 fully saturated rings. The number of nitrogen functional groups attached to an aromatic ring is 1. The van der Waals surface area contributed by atoms with Crippen LogP contribution in [0.3, 0.4) is 0 Å². The predicted molar refractivity (Wildman–Crippen MR) is 183 cm³/mol. The van der Waals surface area contributed by atoms with Crippen LogP contribution in [0.15, 0.2) is 89.2 Å². The molecular weight excluding hydrogens is 681 g/mol. The first-order valence-corrected chi connectivity index (χ1v) is 16.5. The highest BCUT2D eigenvalue weighted by molar-refractivity contribution is 7.99. The van der Waals surface area contributed by atoms with Gasteiger partial charge in [-0.1, -0.05) is 30.3 Å². The van der Waals surface area contributed by atoms with Crippen LogP contribution in [0.1, 0.15) is 40.1 Å². The van der Waals surface area contributed by atoms with Gasteiger partial charge in [-0.15, -0.1) is 0 Å². The molecule has 0 saturated carbocycles. The number of ether oxygens (including phenoxy) is 4. The average molecular weight is 712 g/mol. The van der Waals surface area contributed by atoms with Crippen LogP contribution in [0.2, 0.25) is 0 Å². The number of nitriles is 1. The van der Waals surface area contributed by atoms with Crippen molar-refractivity contribution in [1.29, 1.82) is 5.26 Å². The topological polar surface area (TPSA) is 158 Å². The van der Waals surface area contributed by atoms with Crippen LogP contribution < -0.4 is 25.3 Å². The molecule has 6 rings (SSSR count). The van der Waals surface area contributed by atoms with Crippen molar-refractivity contribution < 1.29 is 32.5 Å². The minimum Gasteiger partial charge on any atom is -0.485 e. The van der Waals surface area contributed by atoms with Gasteiger partial charge in [-0.2, -0.15) is 9.65 Å². The lowest BCUT2D eigenvalue weighted by atomic mass is 10.1. The van der Waals surface area contributed by atoms with Crippen molar-refractivity contribution in [2.75, 3.05) is 32.5 Å². The second-order valence-corrected chi connectivity index (χ2v) is 12.2. The van der Waals surface area contributed by atoms with Crippen molar-refractivity contribution in [2.45, 2.75) is 29.7 Å². The van der Waals surface area contributed by atoms with Gasteiger partial charge in [-0.05, 0) is 61.6 Å². The number of aromatic nitrogens is 3. The number of likely N-dealkylation sites (N-methyl/N-ethyl adjacent to an activating group) is 1. The third-order valence-electron chi connectivity index (χ3n) is 7.65. The van der Waals surface area contributed by atoms with Crippen LogP contribution in [0.5, 0.6) is 28.9 Å². The lowest BCUT2D eigenvalue weighted by Crippen LogP contribution is -2.24. The normalized spacial score (nSPS) is 14.1. The molecule has 0 spiro atoms. The first-order chi connectivity index (χ1) is 24.7. The Balaban J connectivity index is 1.28. The van der Waals surface area contributed by atoms with Crippen molar-refractivity contribution in [1.82, 2.24) is 25.2 Å². The van der Waals surface area contributed by atoms with Crippen LogP contribution in [-0.4, -0.2) is 52.6 Å². The van der Waals surface area contributed by atoms with Gasteiger partial charge in [0.1, 0.15) is 23.7 Å². The summed E-state index contributed by atoms with van der Waals surface area (Å²) in [5.41, 5.74) is 7.75. The fourth-order valence-electron chi connectivity index (χ4n) is 5.13. The number of rotatable bonds is 12. The molecule has 260 valence electrons. The maximum atomic E-state index is 16.0. The van der Waals surface area contributed by atoms with E-state index in [-0.39, 0.29) is 58.7 Å². The number of hydrogen-bond donors (Lipinski definition) is 2. The van der Waals surface area contributed by atoms with Gasteiger partial charge < -0.3 is 24.7 Å². The molecule has 0 amide bonds. The van der Waals surface area contributed by atoms with Crippen molar-refractivity contribution in [2.24, 2.45) is 0 Å². The van der Waals surface area contributed by atoms with Crippen molar-refractivity contribution in [3.8, 4) is 34.9 Å². The van der Waals surface area contributed by atoms with Gasteiger partial charge in [0.2, 0.25) is 11.6 Å². The summed E-state index contributed by atoms with van der Waals surface area (Å²) < 4.78 is 53.9. The smallest absolute Gasteiger partial charge is 0.343 e. The number of nitrogens with zero attached hydrogens (tertiary/aromatic N) is 5. The third-order valence-corrected chi connectivity index (χ3v) is 8.52. The van der Waals surface area contributed by atoms with Gasteiger partial charge in [0.25, 0.3) is 5.88 Å². The second kappa shape index (κ2) is 15.8. The summed E-state index contributed by atoms with van der Waals surface area (Å²) >= 11 is 1.17. The number of anilines is 1. The molecule has 1 aliphatic rings. The Labute approximate surface area is 296 Å². The number of hydrogen-bond acceptors (Lipinski definition) is 13. The molecule has 2 aromatic heterocycles. The molecule has 12 nitrogen and oxygen atoms in total. The van der Waals surface area contributed by atoms with Gasteiger partial charge in [-0.25, -0.2) is 24.1 Å². The summed E-state index contributed by atoms with van der Waals surface area (Å²) in [6.45, 7) is 3.41. The Morgan fingerprint density at radius 3 is 2.59 bits per heavy atom. The molecule has 3 aromatic carbocycles. The molecular formula is C36H31F2N7O5S. The molecule has 15 heteroatoms. The molecule has 3 N–H and O–H groups in total. The van der Waals surface area contributed by atoms with Crippen LogP contribution in [0, 0.1) is 23.0 Å². The lowest BCUT2D eigenvalue weighted by molar-refractivity contribution is 0.0526. The average Bonchev–Trinajstić information content (AvgIpc) is 3.57. The fraction of sp³-hybridized carbons (Fsp3) is 0.194. The third kappa shape index (κ3) is 8.15. The SMILES string of the molecule is CCOC(=O)c1cnc(Sc2ccc(Oc3c(F)cnc(Oc4cc(C#N)ccc4OCc4ccccc4)c3F)c(C3NCCN3C)c2)nc1N. The van der Waals surface area contributed by atoms with Crippen LogP contribution in [0.4, 0.5) is 14.6 Å². The van der Waals surface area contributed by atoms with E-state index in [0.29, 0.717) is 23.5 Å². The number of carbonyl (C=O) groups excluding carboxylic acids is 1. The summed E-state index contributed by atoms with van der Waals surface area (Å²) in [6.07, 6.45) is 1.73. The summed E-state index contributed by atoms with van der Waals surface area (Å²) in [4.78, 5) is 27.1. The van der Waals surface area contributed by atoms with E-state index in [1.54, 1.807) is 25.1 Å². The minimum atomic E-state index is -1.20. The summed E-state index contributed by atoms with van der Waals surface area (Å²) in [5, 5.41) is 13.1. The zero-order valence-electron chi connectivity index (χ0n) is 27.4. The van der Waals surface area contributed by atoms with E-state index in [1.165, 1.54) is 36.2 Å². The molecule has 3 heterocycles. The number of esters is 1. The minimum absolute atomic E-state index is 0.00549. The van der Waals surface area contributed by atoms with Crippen LogP contribution in [0.25, 0.3) is 0 Å². The van der Waals surface area contributed by atoms with E-state index in [2.05, 4.69) is 20.3 Å². The second-order valence-electron chi connectivity index (χ2n) is 11.1. The molecule has 1 saturated heterocycles. The van der Waals surface area contributed by atoms with E-state index in [4.69, 9.17) is 24.7 Å². The summed E-state index contributed by atoms with van der Waals surface area (Å²) in [5.74, 6) is -3.85. The first-order valence-electron chi connectivity index (χ1n) is 15.7. The number of carbonyl (C=O) groups is 1. The predicted octanol–water partition coefficient (Wildman–Crippen LogP) is 6.63. The van der Waals surface area contributed by atoms with Gasteiger partial charge >= 0.3 is 5.97 Å². The Hall–Kier alpha value is -5.82. The fourth-order valence-corrected chi connectivity index (χ4v) is 5.91. The Morgan fingerprint density at radius 1 is 1.06 bits per heavy atom. The lowest BCUT2D eigenvalue weighted by Gasteiger charge is -2.23. The molecule has 51 heavy (non-hydrogen) atoms. The number of halogens is 2. The van der Waals surface area contributed by atoms with Gasteiger partial charge in [-0.3, -0.25) is 10.2 Å². The molecule has 0 radical (unpaired) electrons. The summed E-state index contributed by atoms with van der Waals surface area (Å²) in [6, 6.07) is 20.9. The zero-order chi connectivity index (χ0) is 35.9. The van der Waals surface area contributed by atoms with E-state index in [1.807, 2.05) is 48.3 Å². The standard InChI is InChI=1S/C36H31F2N7O5S/c1-3-47-35(46)25-18-43-36(44-32(25)40)51-23-10-12-27(24(16-23)33-41-13-14-45(33)2)49-31-26(37)19-42-34(30(31)38)50-29-15-22(17-39)9-11-28(29)48-20-21-7-5-4-6-8-21/h4-12,15-16,18-19,33,41H,3,13-14,20H2,1-2H3,(H2,40,43,44). The van der Waals surface area contributed by atoms with Gasteiger partial charge in [0.15, 0.2) is 22.5 Å². The zero-order valence-corrected chi connectivity index (χ0v) is 28.2. The summed E-state index contributed by atoms with van der Waals surface area (Å²) in [7, 11) is 1.90. The van der Waals surface area contributed by atoms with Crippen molar-refractivity contribution in [3.05, 3.63) is 113 Å². The van der Waals surface area contributed by atoms with E-state index in [9.17, 15) is 10.1 Å². The van der Waals surface area contributed by atoms with Crippen molar-refractivity contribution in [3.63, 3.8) is 0 Å². The molecule has 5 aromatic rings. The van der Waals surface area contributed by atoms with E-state index in [0.717, 1.165) is 11.8 Å². The quantitative estimate of drug-likeness (QED) is 0.105. The molecule has 1 unspecified atom stereocenters. The largest absolute Gasteiger partial charge is 0.485 e. The van der Waals surface area contributed by atoms with Crippen LogP contribution in [-0.2, 0) is 11.3 Å². The molecule has 1 atom stereocenters.